The summed E-state index contributed by atoms with van der Waals surface area (Å²) in [7, 11) is 4.00. The smallest absolute Gasteiger partial charge is 0.307 e. The highest BCUT2D eigenvalue weighted by Gasteiger charge is 2.31. The van der Waals surface area contributed by atoms with E-state index in [0.29, 0.717) is 13.0 Å². The molecule has 0 aliphatic carbocycles. The average molecular weight is 234 g/mol. The van der Waals surface area contributed by atoms with E-state index in [1.54, 1.807) is 0 Å². The van der Waals surface area contributed by atoms with E-state index in [1.165, 1.54) is 5.56 Å². The van der Waals surface area contributed by atoms with Crippen LogP contribution in [0.1, 0.15) is 18.0 Å². The van der Waals surface area contributed by atoms with Gasteiger partial charge in [0.15, 0.2) is 0 Å². The van der Waals surface area contributed by atoms with Gasteiger partial charge >= 0.3 is 5.97 Å². The molecule has 2 atom stereocenters. The van der Waals surface area contributed by atoms with E-state index in [2.05, 4.69) is 22.3 Å². The molecular weight excluding hydrogens is 216 g/mol. The lowest BCUT2D eigenvalue weighted by Gasteiger charge is -2.21. The standard InChI is InChI=1S/C13H18N2O2/c1-15(2)12-6-4-3-5-10(12)11-7-9(8-14-11)13(16)17/h3-6,9,11,14H,7-8H2,1-2H3,(H,16,17). The van der Waals surface area contributed by atoms with Crippen LogP contribution in [-0.4, -0.2) is 31.7 Å². The summed E-state index contributed by atoms with van der Waals surface area (Å²) in [4.78, 5) is 13.0. The van der Waals surface area contributed by atoms with Crippen LogP contribution in [-0.2, 0) is 4.79 Å². The summed E-state index contributed by atoms with van der Waals surface area (Å²) in [6.07, 6.45) is 0.667. The van der Waals surface area contributed by atoms with Gasteiger partial charge in [0, 0.05) is 32.4 Å². The first-order chi connectivity index (χ1) is 8.09. The molecule has 4 nitrogen and oxygen atoms in total. The van der Waals surface area contributed by atoms with Crippen molar-refractivity contribution >= 4 is 11.7 Å². The number of aliphatic carboxylic acids is 1. The molecule has 0 spiro atoms. The highest BCUT2D eigenvalue weighted by atomic mass is 16.4. The summed E-state index contributed by atoms with van der Waals surface area (Å²) in [6, 6.07) is 8.28. The zero-order valence-corrected chi connectivity index (χ0v) is 10.2. The van der Waals surface area contributed by atoms with Crippen molar-refractivity contribution < 1.29 is 9.90 Å². The van der Waals surface area contributed by atoms with E-state index < -0.39 is 5.97 Å². The molecule has 1 aliphatic rings. The molecular formula is C13H18N2O2. The second kappa shape index (κ2) is 4.75. The van der Waals surface area contributed by atoms with Crippen molar-refractivity contribution in [3.63, 3.8) is 0 Å². The maximum absolute atomic E-state index is 10.9. The second-order valence-corrected chi connectivity index (χ2v) is 4.68. The lowest BCUT2D eigenvalue weighted by molar-refractivity contribution is -0.141. The molecule has 0 aromatic heterocycles. The number of nitrogens with one attached hydrogen (secondary N) is 1. The lowest BCUT2D eigenvalue weighted by atomic mass is 9.98. The van der Waals surface area contributed by atoms with Crippen molar-refractivity contribution in [3.8, 4) is 0 Å². The molecule has 1 aromatic rings. The van der Waals surface area contributed by atoms with Crippen LogP contribution >= 0.6 is 0 Å². The van der Waals surface area contributed by atoms with Crippen LogP contribution in [0.3, 0.4) is 0 Å². The number of carbonyl (C=O) groups is 1. The van der Waals surface area contributed by atoms with Crippen LogP contribution in [0.25, 0.3) is 0 Å². The predicted octanol–water partition coefficient (Wildman–Crippen LogP) is 1.49. The van der Waals surface area contributed by atoms with Gasteiger partial charge < -0.3 is 15.3 Å². The van der Waals surface area contributed by atoms with Crippen molar-refractivity contribution in [1.82, 2.24) is 5.32 Å². The maximum Gasteiger partial charge on any atom is 0.307 e. The third-order valence-corrected chi connectivity index (χ3v) is 3.27. The number of anilines is 1. The zero-order chi connectivity index (χ0) is 12.4. The van der Waals surface area contributed by atoms with Crippen molar-refractivity contribution in [3.05, 3.63) is 29.8 Å². The van der Waals surface area contributed by atoms with Gasteiger partial charge in [0.2, 0.25) is 0 Å². The molecule has 0 amide bonds. The fourth-order valence-corrected chi connectivity index (χ4v) is 2.35. The number of carboxylic acids is 1. The van der Waals surface area contributed by atoms with Crippen LogP contribution < -0.4 is 10.2 Å². The summed E-state index contributed by atoms with van der Waals surface area (Å²) in [6.45, 7) is 0.557. The summed E-state index contributed by atoms with van der Waals surface area (Å²) >= 11 is 0. The SMILES string of the molecule is CN(C)c1ccccc1C1CC(C(=O)O)CN1. The Balaban J connectivity index is 2.21. The minimum absolute atomic E-state index is 0.148. The zero-order valence-electron chi connectivity index (χ0n) is 10.2. The number of carboxylic acid groups (broad SMARTS) is 1. The molecule has 1 aromatic carbocycles. The minimum atomic E-state index is -0.706. The Morgan fingerprint density at radius 1 is 1.41 bits per heavy atom. The number of benzene rings is 1. The van der Waals surface area contributed by atoms with Gasteiger partial charge in [0.25, 0.3) is 0 Å². The second-order valence-electron chi connectivity index (χ2n) is 4.68. The number of hydrogen-bond donors (Lipinski definition) is 2. The van der Waals surface area contributed by atoms with Crippen LogP contribution in [0.4, 0.5) is 5.69 Å². The summed E-state index contributed by atoms with van der Waals surface area (Å²) < 4.78 is 0. The summed E-state index contributed by atoms with van der Waals surface area (Å²) in [5.41, 5.74) is 2.33. The molecule has 2 unspecified atom stereocenters. The molecule has 4 heteroatoms. The number of hydrogen-bond acceptors (Lipinski definition) is 3. The molecule has 92 valence electrons. The fourth-order valence-electron chi connectivity index (χ4n) is 2.35. The normalized spacial score (nSPS) is 23.6. The van der Waals surface area contributed by atoms with Crippen LogP contribution in [0.15, 0.2) is 24.3 Å². The van der Waals surface area contributed by atoms with Gasteiger partial charge in [-0.05, 0) is 18.1 Å². The van der Waals surface area contributed by atoms with Gasteiger partial charge in [-0.25, -0.2) is 0 Å². The maximum atomic E-state index is 10.9. The summed E-state index contributed by atoms with van der Waals surface area (Å²) in [5.74, 6) is -0.974. The van der Waals surface area contributed by atoms with Crippen LogP contribution in [0.5, 0.6) is 0 Å². The van der Waals surface area contributed by atoms with Gasteiger partial charge in [-0.3, -0.25) is 4.79 Å². The number of para-hydroxylation sites is 1. The Morgan fingerprint density at radius 3 is 2.71 bits per heavy atom. The molecule has 0 radical (unpaired) electrons. The van der Waals surface area contributed by atoms with Gasteiger partial charge in [-0.1, -0.05) is 18.2 Å². The molecule has 2 N–H and O–H groups in total. The Bertz CT molecular complexity index is 418. The molecule has 0 bridgehead atoms. The van der Waals surface area contributed by atoms with Gasteiger partial charge in [0.1, 0.15) is 0 Å². The van der Waals surface area contributed by atoms with Crippen molar-refractivity contribution in [1.29, 1.82) is 0 Å². The first kappa shape index (κ1) is 11.9. The topological polar surface area (TPSA) is 52.6 Å². The van der Waals surface area contributed by atoms with Crippen molar-refractivity contribution in [2.24, 2.45) is 5.92 Å². The van der Waals surface area contributed by atoms with E-state index in [9.17, 15) is 4.79 Å². The summed E-state index contributed by atoms with van der Waals surface area (Å²) in [5, 5.41) is 12.3. The third kappa shape index (κ3) is 2.42. The number of nitrogens with zero attached hydrogens (tertiary/aromatic N) is 1. The molecule has 1 heterocycles. The van der Waals surface area contributed by atoms with Gasteiger partial charge in [-0.2, -0.15) is 0 Å². The Morgan fingerprint density at radius 2 is 2.12 bits per heavy atom. The molecule has 2 rings (SSSR count). The quantitative estimate of drug-likeness (QED) is 0.832. The molecule has 1 saturated heterocycles. The Hall–Kier alpha value is -1.55. The van der Waals surface area contributed by atoms with Gasteiger partial charge in [0.05, 0.1) is 5.92 Å². The van der Waals surface area contributed by atoms with Crippen molar-refractivity contribution in [2.45, 2.75) is 12.5 Å². The first-order valence-corrected chi connectivity index (χ1v) is 5.82. The third-order valence-electron chi connectivity index (χ3n) is 3.27. The van der Waals surface area contributed by atoms with Crippen molar-refractivity contribution in [2.75, 3.05) is 25.5 Å². The first-order valence-electron chi connectivity index (χ1n) is 5.82. The highest BCUT2D eigenvalue weighted by molar-refractivity contribution is 5.71. The van der Waals surface area contributed by atoms with E-state index in [4.69, 9.17) is 5.11 Å². The molecule has 17 heavy (non-hydrogen) atoms. The fraction of sp³-hybridized carbons (Fsp3) is 0.462. The Kier molecular flexibility index (Phi) is 3.33. The number of rotatable bonds is 3. The molecule has 0 saturated carbocycles. The average Bonchev–Trinajstić information content (AvgIpc) is 2.78. The van der Waals surface area contributed by atoms with E-state index in [0.717, 1.165) is 5.69 Å². The van der Waals surface area contributed by atoms with Crippen LogP contribution in [0.2, 0.25) is 0 Å². The monoisotopic (exact) mass is 234 g/mol. The van der Waals surface area contributed by atoms with E-state index in [1.807, 2.05) is 26.2 Å². The van der Waals surface area contributed by atoms with Gasteiger partial charge in [-0.15, -0.1) is 0 Å². The van der Waals surface area contributed by atoms with E-state index >= 15 is 0 Å². The Labute approximate surface area is 101 Å². The minimum Gasteiger partial charge on any atom is -0.481 e. The van der Waals surface area contributed by atoms with Crippen LogP contribution in [0, 0.1) is 5.92 Å². The highest BCUT2D eigenvalue weighted by Crippen LogP contribution is 2.32. The lowest BCUT2D eigenvalue weighted by Crippen LogP contribution is -2.19. The largest absolute Gasteiger partial charge is 0.481 e. The predicted molar refractivity (Wildman–Crippen MR) is 67.3 cm³/mol. The molecule has 1 aliphatic heterocycles. The molecule has 1 fully saturated rings. The van der Waals surface area contributed by atoms with E-state index in [-0.39, 0.29) is 12.0 Å².